The number of rotatable bonds is 6. The highest BCUT2D eigenvalue weighted by Crippen LogP contribution is 2.09. The van der Waals surface area contributed by atoms with Crippen molar-refractivity contribution in [3.8, 4) is 5.75 Å². The SMILES string of the molecule is COc1ccc(/C=N\NC(=O)CNc2ccc(F)cc2)cc1. The van der Waals surface area contributed by atoms with Crippen molar-refractivity contribution in [1.82, 2.24) is 5.43 Å². The summed E-state index contributed by atoms with van der Waals surface area (Å²) in [6.07, 6.45) is 1.54. The van der Waals surface area contributed by atoms with Gasteiger partial charge in [0.05, 0.1) is 19.9 Å². The third kappa shape index (κ3) is 4.90. The number of nitrogens with one attached hydrogen (secondary N) is 2. The van der Waals surface area contributed by atoms with E-state index in [-0.39, 0.29) is 18.3 Å². The quantitative estimate of drug-likeness (QED) is 0.636. The predicted octanol–water partition coefficient (Wildman–Crippen LogP) is 2.40. The van der Waals surface area contributed by atoms with Crippen LogP contribution in [0.3, 0.4) is 0 Å². The van der Waals surface area contributed by atoms with Crippen molar-refractivity contribution in [3.05, 3.63) is 59.9 Å². The van der Waals surface area contributed by atoms with E-state index in [1.807, 2.05) is 12.1 Å². The molecule has 0 fully saturated rings. The predicted molar refractivity (Wildman–Crippen MR) is 83.6 cm³/mol. The molecule has 0 radical (unpaired) electrons. The number of benzene rings is 2. The fourth-order valence-electron chi connectivity index (χ4n) is 1.66. The molecule has 0 spiro atoms. The first-order valence-electron chi connectivity index (χ1n) is 6.63. The number of hydrogen-bond acceptors (Lipinski definition) is 4. The third-order valence-electron chi connectivity index (χ3n) is 2.82. The molecule has 0 heterocycles. The highest BCUT2D eigenvalue weighted by molar-refractivity contribution is 5.84. The first-order valence-corrected chi connectivity index (χ1v) is 6.63. The summed E-state index contributed by atoms with van der Waals surface area (Å²) >= 11 is 0. The molecule has 0 aliphatic carbocycles. The molecule has 5 nitrogen and oxygen atoms in total. The van der Waals surface area contributed by atoms with Crippen molar-refractivity contribution in [2.45, 2.75) is 0 Å². The smallest absolute Gasteiger partial charge is 0.259 e. The van der Waals surface area contributed by atoms with Crippen LogP contribution in [0.5, 0.6) is 5.75 Å². The average Bonchev–Trinajstić information content (AvgIpc) is 2.55. The Morgan fingerprint density at radius 3 is 2.50 bits per heavy atom. The second kappa shape index (κ2) is 7.78. The van der Waals surface area contributed by atoms with Crippen molar-refractivity contribution < 1.29 is 13.9 Å². The number of carbonyl (C=O) groups excluding carboxylic acids is 1. The summed E-state index contributed by atoms with van der Waals surface area (Å²) in [5, 5.41) is 6.72. The van der Waals surface area contributed by atoms with Gasteiger partial charge in [0.15, 0.2) is 0 Å². The topological polar surface area (TPSA) is 62.7 Å². The molecule has 0 aliphatic rings. The summed E-state index contributed by atoms with van der Waals surface area (Å²) < 4.78 is 17.8. The van der Waals surface area contributed by atoms with Crippen molar-refractivity contribution in [1.29, 1.82) is 0 Å². The fraction of sp³-hybridized carbons (Fsp3) is 0.125. The van der Waals surface area contributed by atoms with Gasteiger partial charge in [0.2, 0.25) is 0 Å². The molecule has 0 aromatic heterocycles. The highest BCUT2D eigenvalue weighted by atomic mass is 19.1. The largest absolute Gasteiger partial charge is 0.497 e. The Labute approximate surface area is 127 Å². The molecule has 22 heavy (non-hydrogen) atoms. The van der Waals surface area contributed by atoms with Crippen molar-refractivity contribution in [2.75, 3.05) is 19.0 Å². The summed E-state index contributed by atoms with van der Waals surface area (Å²) in [6.45, 7) is 0.0472. The summed E-state index contributed by atoms with van der Waals surface area (Å²) in [7, 11) is 1.59. The van der Waals surface area contributed by atoms with Crippen LogP contribution in [0.4, 0.5) is 10.1 Å². The van der Waals surface area contributed by atoms with Crippen molar-refractivity contribution in [3.63, 3.8) is 0 Å². The molecule has 0 saturated heterocycles. The Hall–Kier alpha value is -2.89. The van der Waals surface area contributed by atoms with Crippen LogP contribution in [0.2, 0.25) is 0 Å². The lowest BCUT2D eigenvalue weighted by molar-refractivity contribution is -0.119. The van der Waals surface area contributed by atoms with Gasteiger partial charge >= 0.3 is 0 Å². The molecule has 0 aliphatic heterocycles. The summed E-state index contributed by atoms with van der Waals surface area (Å²) in [5.74, 6) is 0.137. The molecule has 0 unspecified atom stereocenters. The van der Waals surface area contributed by atoms with Crippen LogP contribution in [0, 0.1) is 5.82 Å². The maximum atomic E-state index is 12.7. The molecular formula is C16H16FN3O2. The summed E-state index contributed by atoms with van der Waals surface area (Å²) in [6, 6.07) is 13.0. The molecule has 2 aromatic carbocycles. The standard InChI is InChI=1S/C16H16FN3O2/c1-22-15-8-2-12(3-9-15)10-19-20-16(21)11-18-14-6-4-13(17)5-7-14/h2-10,18H,11H2,1H3,(H,20,21)/b19-10-. The van der Waals surface area contributed by atoms with Gasteiger partial charge < -0.3 is 10.1 Å². The van der Waals surface area contributed by atoms with E-state index in [0.717, 1.165) is 11.3 Å². The number of ether oxygens (including phenoxy) is 1. The number of halogens is 1. The molecule has 0 bridgehead atoms. The van der Waals surface area contributed by atoms with Crippen molar-refractivity contribution in [2.24, 2.45) is 5.10 Å². The Morgan fingerprint density at radius 2 is 1.86 bits per heavy atom. The molecule has 2 N–H and O–H groups in total. The van der Waals surface area contributed by atoms with Crippen LogP contribution in [-0.2, 0) is 4.79 Å². The minimum absolute atomic E-state index is 0.0472. The lowest BCUT2D eigenvalue weighted by atomic mass is 10.2. The van der Waals surface area contributed by atoms with Gasteiger partial charge in [-0.05, 0) is 54.1 Å². The zero-order valence-electron chi connectivity index (χ0n) is 12.0. The Balaban J connectivity index is 1.76. The van der Waals surface area contributed by atoms with Gasteiger partial charge in [0, 0.05) is 5.69 Å². The fourth-order valence-corrected chi connectivity index (χ4v) is 1.66. The molecule has 1 amide bonds. The van der Waals surface area contributed by atoms with Gasteiger partial charge in [-0.15, -0.1) is 0 Å². The third-order valence-corrected chi connectivity index (χ3v) is 2.82. The van der Waals surface area contributed by atoms with E-state index < -0.39 is 0 Å². The number of hydrogen-bond donors (Lipinski definition) is 2. The maximum Gasteiger partial charge on any atom is 0.259 e. The highest BCUT2D eigenvalue weighted by Gasteiger charge is 1.99. The lowest BCUT2D eigenvalue weighted by Crippen LogP contribution is -2.25. The van der Waals surface area contributed by atoms with Gasteiger partial charge in [0.1, 0.15) is 11.6 Å². The second-order valence-electron chi connectivity index (χ2n) is 4.43. The number of carbonyl (C=O) groups is 1. The number of amides is 1. The minimum atomic E-state index is -0.320. The van der Waals surface area contributed by atoms with E-state index in [2.05, 4.69) is 15.8 Å². The second-order valence-corrected chi connectivity index (χ2v) is 4.43. The molecule has 0 atom stereocenters. The molecule has 2 rings (SSSR count). The van der Waals surface area contributed by atoms with Gasteiger partial charge in [-0.1, -0.05) is 0 Å². The van der Waals surface area contributed by atoms with Crippen LogP contribution >= 0.6 is 0 Å². The van der Waals surface area contributed by atoms with Gasteiger partial charge in [-0.3, -0.25) is 4.79 Å². The van der Waals surface area contributed by atoms with Crippen LogP contribution in [0.25, 0.3) is 0 Å². The van der Waals surface area contributed by atoms with E-state index in [1.165, 1.54) is 18.3 Å². The first-order chi connectivity index (χ1) is 10.7. The van der Waals surface area contributed by atoms with Crippen molar-refractivity contribution >= 4 is 17.8 Å². The normalized spacial score (nSPS) is 10.5. The Kier molecular flexibility index (Phi) is 5.48. The number of hydrazone groups is 1. The van der Waals surface area contributed by atoms with E-state index >= 15 is 0 Å². The zero-order valence-corrected chi connectivity index (χ0v) is 12.0. The van der Waals surface area contributed by atoms with Gasteiger partial charge in [0.25, 0.3) is 5.91 Å². The van der Waals surface area contributed by atoms with E-state index in [9.17, 15) is 9.18 Å². The lowest BCUT2D eigenvalue weighted by Gasteiger charge is -2.04. The summed E-state index contributed by atoms with van der Waals surface area (Å²) in [4.78, 5) is 11.6. The Bertz CT molecular complexity index is 639. The number of methoxy groups -OCH3 is 1. The molecular weight excluding hydrogens is 285 g/mol. The van der Waals surface area contributed by atoms with Gasteiger partial charge in [-0.25, -0.2) is 9.82 Å². The van der Waals surface area contributed by atoms with E-state index in [4.69, 9.17) is 4.74 Å². The minimum Gasteiger partial charge on any atom is -0.497 e. The monoisotopic (exact) mass is 301 g/mol. The molecule has 2 aromatic rings. The van der Waals surface area contributed by atoms with Gasteiger partial charge in [-0.2, -0.15) is 5.10 Å². The number of anilines is 1. The average molecular weight is 301 g/mol. The molecule has 0 saturated carbocycles. The van der Waals surface area contributed by atoms with E-state index in [1.54, 1.807) is 31.4 Å². The number of nitrogens with zero attached hydrogens (tertiary/aromatic N) is 1. The van der Waals surface area contributed by atoms with E-state index in [0.29, 0.717) is 5.69 Å². The Morgan fingerprint density at radius 1 is 1.18 bits per heavy atom. The van der Waals surface area contributed by atoms with Crippen LogP contribution < -0.4 is 15.5 Å². The van der Waals surface area contributed by atoms with Crippen LogP contribution in [0.1, 0.15) is 5.56 Å². The van der Waals surface area contributed by atoms with Crippen LogP contribution in [0.15, 0.2) is 53.6 Å². The summed E-state index contributed by atoms with van der Waals surface area (Å²) in [5.41, 5.74) is 3.91. The molecule has 6 heteroatoms. The van der Waals surface area contributed by atoms with Crippen LogP contribution in [-0.4, -0.2) is 25.8 Å². The first kappa shape index (κ1) is 15.5. The zero-order chi connectivity index (χ0) is 15.8. The molecule has 114 valence electrons. The maximum absolute atomic E-state index is 12.7.